The van der Waals surface area contributed by atoms with Crippen LogP contribution in [0.25, 0.3) is 10.8 Å². The van der Waals surface area contributed by atoms with E-state index in [2.05, 4.69) is 46.0 Å². The molecule has 2 bridgehead atoms. The minimum atomic E-state index is -0.628. The van der Waals surface area contributed by atoms with Gasteiger partial charge in [-0.15, -0.1) is 0 Å². The summed E-state index contributed by atoms with van der Waals surface area (Å²) in [6.45, 7) is 3.09. The van der Waals surface area contributed by atoms with Gasteiger partial charge < -0.3 is 9.84 Å². The monoisotopic (exact) mass is 514 g/mol. The molecule has 5 nitrogen and oxygen atoms in total. The van der Waals surface area contributed by atoms with Crippen LogP contribution in [0, 0.1) is 11.8 Å². The Bertz CT molecular complexity index is 990. The molecule has 1 saturated carbocycles. The fraction of sp³-hybridized carbons (Fsp3) is 0.630. The summed E-state index contributed by atoms with van der Waals surface area (Å²) in [5, 5.41) is 11.8. The molecule has 0 spiro atoms. The van der Waals surface area contributed by atoms with Gasteiger partial charge in [-0.3, -0.25) is 14.7 Å². The third-order valence-corrected chi connectivity index (χ3v) is 9.16. The van der Waals surface area contributed by atoms with E-state index in [4.69, 9.17) is 9.72 Å². The van der Waals surface area contributed by atoms with E-state index in [0.29, 0.717) is 18.2 Å². The van der Waals surface area contributed by atoms with E-state index in [0.717, 1.165) is 72.3 Å². The number of aromatic nitrogens is 1. The smallest absolute Gasteiger partial charge is 0.306 e. The van der Waals surface area contributed by atoms with Crippen molar-refractivity contribution in [2.45, 2.75) is 95.9 Å². The summed E-state index contributed by atoms with van der Waals surface area (Å²) in [4.78, 5) is 18.9. The number of carbonyl (C=O) groups is 1. The minimum absolute atomic E-state index is 0.187. The van der Waals surface area contributed by atoms with Crippen molar-refractivity contribution in [1.82, 2.24) is 9.88 Å². The number of carboxylic acid groups (broad SMARTS) is 1. The third kappa shape index (κ3) is 4.93. The second kappa shape index (κ2) is 9.91. The number of aliphatic carboxylic acids is 1. The van der Waals surface area contributed by atoms with Crippen LogP contribution in [0.3, 0.4) is 0 Å². The molecule has 2 atom stereocenters. The van der Waals surface area contributed by atoms with Crippen LogP contribution in [0.15, 0.2) is 28.9 Å². The molecule has 33 heavy (non-hydrogen) atoms. The maximum absolute atomic E-state index is 11.6. The highest BCUT2D eigenvalue weighted by molar-refractivity contribution is 9.10. The van der Waals surface area contributed by atoms with Gasteiger partial charge in [0.25, 0.3) is 0 Å². The van der Waals surface area contributed by atoms with E-state index < -0.39 is 5.97 Å². The van der Waals surface area contributed by atoms with E-state index in [1.807, 2.05) is 6.20 Å². The maximum Gasteiger partial charge on any atom is 0.306 e. The first-order valence-corrected chi connectivity index (χ1v) is 13.5. The number of ether oxygens (including phenoxy) is 1. The van der Waals surface area contributed by atoms with Crippen molar-refractivity contribution in [3.05, 3.63) is 34.6 Å². The maximum atomic E-state index is 11.6. The van der Waals surface area contributed by atoms with Gasteiger partial charge in [-0.25, -0.2) is 0 Å². The topological polar surface area (TPSA) is 62.7 Å². The molecular weight excluding hydrogens is 480 g/mol. The molecule has 1 aromatic carbocycles. The van der Waals surface area contributed by atoms with E-state index in [1.54, 1.807) is 0 Å². The van der Waals surface area contributed by atoms with Crippen LogP contribution in [0.1, 0.15) is 76.8 Å². The molecule has 2 unspecified atom stereocenters. The van der Waals surface area contributed by atoms with Crippen LogP contribution in [-0.2, 0) is 11.3 Å². The van der Waals surface area contributed by atoms with Gasteiger partial charge in [-0.05, 0) is 90.7 Å². The Morgan fingerprint density at radius 1 is 1.15 bits per heavy atom. The first-order valence-electron chi connectivity index (χ1n) is 12.7. The second-order valence-electron chi connectivity index (χ2n) is 10.4. The molecule has 2 aliphatic heterocycles. The Morgan fingerprint density at radius 3 is 2.55 bits per heavy atom. The van der Waals surface area contributed by atoms with Gasteiger partial charge in [0.1, 0.15) is 5.75 Å². The van der Waals surface area contributed by atoms with Gasteiger partial charge in [0.15, 0.2) is 0 Å². The largest absolute Gasteiger partial charge is 0.489 e. The van der Waals surface area contributed by atoms with Gasteiger partial charge in [0.05, 0.1) is 22.2 Å². The molecule has 5 rings (SSSR count). The molecule has 2 saturated heterocycles. The summed E-state index contributed by atoms with van der Waals surface area (Å²) in [6, 6.07) is 7.16. The van der Waals surface area contributed by atoms with E-state index in [-0.39, 0.29) is 5.92 Å². The lowest BCUT2D eigenvalue weighted by Gasteiger charge is -2.48. The van der Waals surface area contributed by atoms with Crippen molar-refractivity contribution in [3.8, 4) is 5.75 Å². The highest BCUT2D eigenvalue weighted by atomic mass is 79.9. The Kier molecular flexibility index (Phi) is 6.94. The Morgan fingerprint density at radius 2 is 1.88 bits per heavy atom. The van der Waals surface area contributed by atoms with Crippen LogP contribution >= 0.6 is 15.9 Å². The lowest BCUT2D eigenvalue weighted by atomic mass is 9.78. The van der Waals surface area contributed by atoms with Gasteiger partial charge >= 0.3 is 5.97 Å². The van der Waals surface area contributed by atoms with E-state index in [1.165, 1.54) is 31.1 Å². The summed E-state index contributed by atoms with van der Waals surface area (Å²) in [6.07, 6.45) is 13.3. The van der Waals surface area contributed by atoms with Crippen molar-refractivity contribution in [2.24, 2.45) is 11.8 Å². The quantitative estimate of drug-likeness (QED) is 0.472. The lowest BCUT2D eigenvalue weighted by Crippen LogP contribution is -2.52. The van der Waals surface area contributed by atoms with Crippen LogP contribution < -0.4 is 4.74 Å². The van der Waals surface area contributed by atoms with Crippen molar-refractivity contribution >= 4 is 32.7 Å². The van der Waals surface area contributed by atoms with Crippen LogP contribution in [0.5, 0.6) is 5.75 Å². The standard InChI is InChI=1S/C27H35BrN2O3/c1-2-17-6-9-23(10-7-17)33-25-11-8-18-12-20(29-15-24(18)26(25)28)16-30-21-4-3-5-22(30)14-19(13-21)27(31)32/h8,11-12,15,17,19,21-23H,2-7,9-10,13-14,16H2,1H3,(H,31,32). The van der Waals surface area contributed by atoms with E-state index in [9.17, 15) is 9.90 Å². The second-order valence-corrected chi connectivity index (χ2v) is 11.2. The normalized spacial score (nSPS) is 30.3. The van der Waals surface area contributed by atoms with Crippen molar-refractivity contribution < 1.29 is 14.6 Å². The van der Waals surface area contributed by atoms with Crippen molar-refractivity contribution in [3.63, 3.8) is 0 Å². The number of pyridine rings is 1. The van der Waals surface area contributed by atoms with Crippen molar-refractivity contribution in [1.29, 1.82) is 0 Å². The Balaban J connectivity index is 1.29. The molecule has 1 N–H and O–H groups in total. The number of hydrogen-bond acceptors (Lipinski definition) is 4. The Hall–Kier alpha value is -1.66. The predicted molar refractivity (Wildman–Crippen MR) is 133 cm³/mol. The van der Waals surface area contributed by atoms with Gasteiger partial charge in [-0.1, -0.05) is 25.8 Å². The average molecular weight is 515 g/mol. The molecule has 2 aromatic rings. The number of benzene rings is 1. The van der Waals surface area contributed by atoms with Crippen LogP contribution in [-0.4, -0.2) is 39.1 Å². The molecule has 1 aliphatic carbocycles. The minimum Gasteiger partial charge on any atom is -0.489 e. The summed E-state index contributed by atoms with van der Waals surface area (Å²) < 4.78 is 7.38. The number of rotatable bonds is 6. The summed E-state index contributed by atoms with van der Waals surface area (Å²) >= 11 is 3.79. The van der Waals surface area contributed by atoms with Crippen molar-refractivity contribution in [2.75, 3.05) is 0 Å². The summed E-state index contributed by atoms with van der Waals surface area (Å²) in [5.41, 5.74) is 1.06. The average Bonchev–Trinajstić information content (AvgIpc) is 2.81. The molecular formula is C27H35BrN2O3. The van der Waals surface area contributed by atoms with E-state index >= 15 is 0 Å². The number of hydrogen-bond donors (Lipinski definition) is 1. The summed E-state index contributed by atoms with van der Waals surface area (Å²) in [5.74, 6) is 0.966. The molecule has 178 valence electrons. The molecule has 0 amide bonds. The number of piperidine rings is 2. The summed E-state index contributed by atoms with van der Waals surface area (Å²) in [7, 11) is 0. The molecule has 3 heterocycles. The third-order valence-electron chi connectivity index (χ3n) is 8.34. The number of halogens is 1. The number of fused-ring (bicyclic) bond motifs is 3. The fourth-order valence-electron chi connectivity index (χ4n) is 6.35. The van der Waals surface area contributed by atoms with Crippen LogP contribution in [0.2, 0.25) is 0 Å². The SMILES string of the molecule is CCC1CCC(Oc2ccc3cc(CN4C5CCCC4CC(C(=O)O)C5)ncc3c2Br)CC1. The molecule has 0 radical (unpaired) electrons. The predicted octanol–water partition coefficient (Wildman–Crippen LogP) is 6.56. The zero-order valence-corrected chi connectivity index (χ0v) is 21.1. The fourth-order valence-corrected chi connectivity index (χ4v) is 6.91. The van der Waals surface area contributed by atoms with Gasteiger partial charge in [0, 0.05) is 30.2 Å². The highest BCUT2D eigenvalue weighted by Gasteiger charge is 2.40. The first kappa shape index (κ1) is 23.1. The van der Waals surface area contributed by atoms with Gasteiger partial charge in [-0.2, -0.15) is 0 Å². The molecule has 3 aliphatic rings. The van der Waals surface area contributed by atoms with Crippen LogP contribution in [0.4, 0.5) is 0 Å². The number of carboxylic acids is 1. The molecule has 3 fully saturated rings. The zero-order chi connectivity index (χ0) is 22.9. The zero-order valence-electron chi connectivity index (χ0n) is 19.5. The molecule has 6 heteroatoms. The Labute approximate surface area is 205 Å². The van der Waals surface area contributed by atoms with Gasteiger partial charge in [0.2, 0.25) is 0 Å². The number of nitrogens with zero attached hydrogens (tertiary/aromatic N) is 2. The first-order chi connectivity index (χ1) is 16.0. The highest BCUT2D eigenvalue weighted by Crippen LogP contribution is 2.39. The lowest BCUT2D eigenvalue weighted by molar-refractivity contribution is -0.146. The molecule has 1 aromatic heterocycles.